The van der Waals surface area contributed by atoms with Crippen LogP contribution in [0.5, 0.6) is 0 Å². The highest BCUT2D eigenvalue weighted by molar-refractivity contribution is 5.33. The fraction of sp³-hybridized carbons (Fsp3) is 0.500. The molecule has 0 bridgehead atoms. The highest BCUT2D eigenvalue weighted by Crippen LogP contribution is 2.39. The Morgan fingerprint density at radius 1 is 1.33 bits per heavy atom. The van der Waals surface area contributed by atoms with Crippen molar-refractivity contribution in [3.8, 4) is 0 Å². The molecule has 1 rings (SSSR count). The molecule has 1 heterocycles. The summed E-state index contributed by atoms with van der Waals surface area (Å²) in [5.74, 6) is -0.374. The van der Waals surface area contributed by atoms with Gasteiger partial charge in [0, 0.05) is 5.41 Å². The minimum Gasteiger partial charge on any atom is -0.395 e. The molecule has 84 valence electrons. The van der Waals surface area contributed by atoms with Gasteiger partial charge in [0.05, 0.1) is 6.61 Å². The van der Waals surface area contributed by atoms with Gasteiger partial charge >= 0.3 is 0 Å². The third-order valence-electron chi connectivity index (χ3n) is 3.08. The molecule has 0 amide bonds. The van der Waals surface area contributed by atoms with Crippen molar-refractivity contribution < 1.29 is 9.50 Å². The van der Waals surface area contributed by atoms with Crippen LogP contribution in [0.3, 0.4) is 0 Å². The Hall–Kier alpha value is -0.930. The van der Waals surface area contributed by atoms with Crippen molar-refractivity contribution in [1.82, 2.24) is 5.32 Å². The molecule has 2 nitrogen and oxygen atoms in total. The van der Waals surface area contributed by atoms with Crippen LogP contribution in [0.2, 0.25) is 0 Å². The minimum absolute atomic E-state index is 0.0444. The van der Waals surface area contributed by atoms with E-state index in [-0.39, 0.29) is 12.4 Å². The van der Waals surface area contributed by atoms with Gasteiger partial charge in [0.15, 0.2) is 0 Å². The van der Waals surface area contributed by atoms with Crippen LogP contribution < -0.4 is 5.32 Å². The van der Waals surface area contributed by atoms with Gasteiger partial charge in [0.25, 0.3) is 0 Å². The quantitative estimate of drug-likeness (QED) is 0.697. The summed E-state index contributed by atoms with van der Waals surface area (Å²) in [6.45, 7) is 8.58. The van der Waals surface area contributed by atoms with Crippen molar-refractivity contribution in [1.29, 1.82) is 0 Å². The van der Waals surface area contributed by atoms with Gasteiger partial charge in [0.1, 0.15) is 5.83 Å². The molecule has 1 aliphatic rings. The van der Waals surface area contributed by atoms with Gasteiger partial charge < -0.3 is 10.4 Å². The average Bonchev–Trinajstić information content (AvgIpc) is 2.30. The number of aliphatic hydroxyl groups is 1. The number of piperidine rings is 1. The molecule has 0 aliphatic carbocycles. The van der Waals surface area contributed by atoms with E-state index in [0.29, 0.717) is 5.57 Å². The summed E-state index contributed by atoms with van der Waals surface area (Å²) in [6.07, 6.45) is 4.13. The number of hydrogen-bond donors (Lipinski definition) is 2. The summed E-state index contributed by atoms with van der Waals surface area (Å²) >= 11 is 0. The summed E-state index contributed by atoms with van der Waals surface area (Å²) in [7, 11) is 0. The Labute approximate surface area is 90.2 Å². The zero-order valence-electron chi connectivity index (χ0n) is 8.93. The predicted molar refractivity (Wildman–Crippen MR) is 60.2 cm³/mol. The SMILES string of the molecule is C=C/C(F)=C(\C=C)C1(CO)CCNCC1. The molecule has 0 spiro atoms. The molecular weight excluding hydrogens is 193 g/mol. The Kier molecular flexibility index (Phi) is 4.24. The third kappa shape index (κ3) is 2.36. The molecule has 2 N–H and O–H groups in total. The van der Waals surface area contributed by atoms with Crippen molar-refractivity contribution in [3.05, 3.63) is 36.7 Å². The van der Waals surface area contributed by atoms with Crippen molar-refractivity contribution >= 4 is 0 Å². The van der Waals surface area contributed by atoms with Gasteiger partial charge in [-0.1, -0.05) is 19.2 Å². The van der Waals surface area contributed by atoms with Crippen LogP contribution >= 0.6 is 0 Å². The van der Waals surface area contributed by atoms with Crippen molar-refractivity contribution in [3.63, 3.8) is 0 Å². The summed E-state index contributed by atoms with van der Waals surface area (Å²) in [5.41, 5.74) is 0.00662. The Morgan fingerprint density at radius 2 is 1.93 bits per heavy atom. The first kappa shape index (κ1) is 12.1. The van der Waals surface area contributed by atoms with Crippen LogP contribution in [0.25, 0.3) is 0 Å². The summed E-state index contributed by atoms with van der Waals surface area (Å²) < 4.78 is 13.6. The van der Waals surface area contributed by atoms with Gasteiger partial charge in [-0.25, -0.2) is 4.39 Å². The van der Waals surface area contributed by atoms with Crippen LogP contribution in [-0.2, 0) is 0 Å². The lowest BCUT2D eigenvalue weighted by molar-refractivity contribution is 0.124. The molecule has 0 atom stereocenters. The van der Waals surface area contributed by atoms with E-state index >= 15 is 0 Å². The van der Waals surface area contributed by atoms with Crippen molar-refractivity contribution in [2.45, 2.75) is 12.8 Å². The zero-order chi connectivity index (χ0) is 11.3. The van der Waals surface area contributed by atoms with E-state index in [9.17, 15) is 9.50 Å². The summed E-state index contributed by atoms with van der Waals surface area (Å²) in [4.78, 5) is 0. The lowest BCUT2D eigenvalue weighted by Crippen LogP contribution is -2.40. The second-order valence-electron chi connectivity index (χ2n) is 3.86. The van der Waals surface area contributed by atoms with Crippen LogP contribution in [0.1, 0.15) is 12.8 Å². The van der Waals surface area contributed by atoms with Crippen LogP contribution in [0, 0.1) is 5.41 Å². The number of halogens is 1. The molecule has 0 unspecified atom stereocenters. The molecule has 1 fully saturated rings. The van der Waals surface area contributed by atoms with E-state index < -0.39 is 5.41 Å². The first-order valence-corrected chi connectivity index (χ1v) is 5.17. The Balaban J connectivity index is 3.06. The van der Waals surface area contributed by atoms with Gasteiger partial charge in [-0.2, -0.15) is 0 Å². The smallest absolute Gasteiger partial charge is 0.126 e. The highest BCUT2D eigenvalue weighted by atomic mass is 19.1. The zero-order valence-corrected chi connectivity index (χ0v) is 8.93. The number of aliphatic hydroxyl groups excluding tert-OH is 1. The maximum atomic E-state index is 13.6. The molecule has 0 aromatic heterocycles. The maximum absolute atomic E-state index is 13.6. The van der Waals surface area contributed by atoms with E-state index in [2.05, 4.69) is 18.5 Å². The number of rotatable bonds is 4. The highest BCUT2D eigenvalue weighted by Gasteiger charge is 2.35. The second-order valence-corrected chi connectivity index (χ2v) is 3.86. The molecule has 15 heavy (non-hydrogen) atoms. The van der Waals surface area contributed by atoms with E-state index in [1.165, 1.54) is 12.2 Å². The number of nitrogens with one attached hydrogen (secondary N) is 1. The summed E-state index contributed by atoms with van der Waals surface area (Å²) in [5, 5.41) is 12.7. The second kappa shape index (κ2) is 5.24. The van der Waals surface area contributed by atoms with Gasteiger partial charge in [-0.3, -0.25) is 0 Å². The summed E-state index contributed by atoms with van der Waals surface area (Å²) in [6, 6.07) is 0. The molecule has 1 saturated heterocycles. The lowest BCUT2D eigenvalue weighted by atomic mass is 9.73. The molecule has 3 heteroatoms. The molecule has 1 aliphatic heterocycles. The maximum Gasteiger partial charge on any atom is 0.126 e. The molecule has 0 saturated carbocycles. The van der Waals surface area contributed by atoms with E-state index in [1.807, 2.05) is 0 Å². The molecular formula is C12H18FNO. The topological polar surface area (TPSA) is 32.3 Å². The number of allylic oxidation sites excluding steroid dienone is 3. The standard InChI is InChI=1S/C12H18FNO/c1-3-10(11(13)4-2)12(9-15)5-7-14-8-6-12/h3-4,14-15H,1-2,5-9H2/b11-10-. The van der Waals surface area contributed by atoms with Crippen molar-refractivity contribution in [2.75, 3.05) is 19.7 Å². The van der Waals surface area contributed by atoms with Crippen molar-refractivity contribution in [2.24, 2.45) is 5.41 Å². The minimum atomic E-state index is -0.481. The molecule has 0 radical (unpaired) electrons. The molecule has 0 aromatic carbocycles. The first-order chi connectivity index (χ1) is 7.20. The number of hydrogen-bond acceptors (Lipinski definition) is 2. The van der Waals surface area contributed by atoms with Gasteiger partial charge in [-0.15, -0.1) is 0 Å². The Morgan fingerprint density at radius 3 is 2.33 bits per heavy atom. The first-order valence-electron chi connectivity index (χ1n) is 5.17. The van der Waals surface area contributed by atoms with E-state index in [1.54, 1.807) is 0 Å². The van der Waals surface area contributed by atoms with E-state index in [0.717, 1.165) is 25.9 Å². The van der Waals surface area contributed by atoms with Crippen LogP contribution in [0.15, 0.2) is 36.7 Å². The monoisotopic (exact) mass is 211 g/mol. The Bertz CT molecular complexity index is 277. The third-order valence-corrected chi connectivity index (χ3v) is 3.08. The van der Waals surface area contributed by atoms with E-state index in [4.69, 9.17) is 0 Å². The fourth-order valence-corrected chi connectivity index (χ4v) is 2.10. The average molecular weight is 211 g/mol. The molecule has 0 aromatic rings. The van der Waals surface area contributed by atoms with Gasteiger partial charge in [0.2, 0.25) is 0 Å². The predicted octanol–water partition coefficient (Wildman–Crippen LogP) is 1.94. The normalized spacial score (nSPS) is 21.7. The van der Waals surface area contributed by atoms with Crippen LogP contribution in [0.4, 0.5) is 4.39 Å². The fourth-order valence-electron chi connectivity index (χ4n) is 2.10. The largest absolute Gasteiger partial charge is 0.395 e. The lowest BCUT2D eigenvalue weighted by Gasteiger charge is -2.37. The van der Waals surface area contributed by atoms with Gasteiger partial charge in [-0.05, 0) is 37.6 Å². The van der Waals surface area contributed by atoms with Crippen LogP contribution in [-0.4, -0.2) is 24.8 Å².